The van der Waals surface area contributed by atoms with E-state index >= 15 is 4.39 Å². The minimum absolute atomic E-state index is 0.0316. The van der Waals surface area contributed by atoms with Gasteiger partial charge < -0.3 is 14.0 Å². The summed E-state index contributed by atoms with van der Waals surface area (Å²) in [7, 11) is 1.13. The minimum atomic E-state index is -4.89. The van der Waals surface area contributed by atoms with E-state index in [1.54, 1.807) is 0 Å². The number of carbonyl (C=O) groups is 1. The third-order valence-electron chi connectivity index (χ3n) is 5.29. The van der Waals surface area contributed by atoms with E-state index in [1.807, 2.05) is 30.3 Å². The van der Waals surface area contributed by atoms with Crippen molar-refractivity contribution < 1.29 is 36.2 Å². The third kappa shape index (κ3) is 4.59. The fraction of sp³-hybridized carbons (Fsp3) is 0.160. The van der Waals surface area contributed by atoms with Crippen LogP contribution >= 0.6 is 0 Å². The molecule has 0 N–H and O–H groups in total. The average molecular weight is 475 g/mol. The molecule has 1 aromatic heterocycles. The molecule has 0 saturated carbocycles. The topological polar surface area (TPSA) is 40.5 Å². The van der Waals surface area contributed by atoms with E-state index in [0.29, 0.717) is 12.1 Å². The Morgan fingerprint density at radius 2 is 1.68 bits per heavy atom. The second kappa shape index (κ2) is 9.17. The average Bonchev–Trinajstić information content (AvgIpc) is 3.18. The van der Waals surface area contributed by atoms with Gasteiger partial charge in [-0.3, -0.25) is 0 Å². The molecule has 0 atom stereocenters. The highest BCUT2D eigenvalue weighted by Crippen LogP contribution is 2.34. The highest BCUT2D eigenvalue weighted by Gasteiger charge is 2.34. The fourth-order valence-electron chi connectivity index (χ4n) is 3.64. The Morgan fingerprint density at radius 1 is 0.941 bits per heavy atom. The lowest BCUT2D eigenvalue weighted by atomic mass is 10.1. The summed E-state index contributed by atoms with van der Waals surface area (Å²) in [5, 5.41) is 0.0316. The predicted molar refractivity (Wildman–Crippen MR) is 115 cm³/mol. The van der Waals surface area contributed by atoms with Gasteiger partial charge in [0, 0.05) is 11.9 Å². The Balaban J connectivity index is 1.74. The van der Waals surface area contributed by atoms with Crippen LogP contribution < -0.4 is 4.74 Å². The van der Waals surface area contributed by atoms with Crippen LogP contribution in [0.1, 0.15) is 27.2 Å². The van der Waals surface area contributed by atoms with Crippen molar-refractivity contribution in [2.24, 2.45) is 0 Å². The number of rotatable bonds is 6. The van der Waals surface area contributed by atoms with Crippen molar-refractivity contribution in [3.8, 4) is 5.75 Å². The van der Waals surface area contributed by atoms with Crippen molar-refractivity contribution >= 4 is 16.9 Å². The van der Waals surface area contributed by atoms with Gasteiger partial charge in [0.1, 0.15) is 18.1 Å². The molecule has 34 heavy (non-hydrogen) atoms. The molecule has 0 aliphatic rings. The number of alkyl halides is 3. The van der Waals surface area contributed by atoms with Gasteiger partial charge >= 0.3 is 12.1 Å². The van der Waals surface area contributed by atoms with Crippen molar-refractivity contribution in [3.63, 3.8) is 0 Å². The van der Waals surface area contributed by atoms with E-state index in [0.717, 1.165) is 12.7 Å². The van der Waals surface area contributed by atoms with Gasteiger partial charge in [0.15, 0.2) is 11.6 Å². The van der Waals surface area contributed by atoms with Crippen LogP contribution in [0.2, 0.25) is 0 Å². The van der Waals surface area contributed by atoms with Gasteiger partial charge in [0.2, 0.25) is 0 Å². The zero-order valence-corrected chi connectivity index (χ0v) is 17.8. The molecule has 0 amide bonds. The zero-order chi connectivity index (χ0) is 24.5. The molecule has 4 aromatic rings. The van der Waals surface area contributed by atoms with E-state index in [-0.39, 0.29) is 41.1 Å². The standard InChI is InChI=1S/C25H18F5NO3/c1-33-24(32)21-12-17-20(9-10-22(23(17)27)34-14-15-5-3-2-4-6-15)31(21)13-16-7-8-19(26)18(11-16)25(28,29)30/h2-12H,13-14H2,1H3. The first-order valence-electron chi connectivity index (χ1n) is 10.1. The summed E-state index contributed by atoms with van der Waals surface area (Å²) in [6, 6.07) is 15.8. The fourth-order valence-corrected chi connectivity index (χ4v) is 3.64. The second-order valence-electron chi connectivity index (χ2n) is 7.50. The number of methoxy groups -OCH3 is 1. The molecule has 9 heteroatoms. The van der Waals surface area contributed by atoms with Crippen molar-refractivity contribution in [1.29, 1.82) is 0 Å². The smallest absolute Gasteiger partial charge is 0.419 e. The van der Waals surface area contributed by atoms with Crippen LogP contribution in [0.3, 0.4) is 0 Å². The first-order chi connectivity index (χ1) is 16.2. The van der Waals surface area contributed by atoms with E-state index in [2.05, 4.69) is 0 Å². The van der Waals surface area contributed by atoms with Crippen molar-refractivity contribution in [3.05, 3.63) is 101 Å². The van der Waals surface area contributed by atoms with Crippen LogP contribution in [0.5, 0.6) is 5.75 Å². The summed E-state index contributed by atoms with van der Waals surface area (Å²) in [5.74, 6) is -2.99. The molecule has 4 rings (SSSR count). The molecule has 0 radical (unpaired) electrons. The number of halogens is 5. The molecule has 0 saturated heterocycles. The first kappa shape index (κ1) is 23.3. The Hall–Kier alpha value is -3.88. The van der Waals surface area contributed by atoms with E-state index < -0.39 is 29.3 Å². The molecule has 0 bridgehead atoms. The highest BCUT2D eigenvalue weighted by atomic mass is 19.4. The number of ether oxygens (including phenoxy) is 2. The number of nitrogens with zero attached hydrogens (tertiary/aromatic N) is 1. The van der Waals surface area contributed by atoms with E-state index in [1.165, 1.54) is 28.8 Å². The molecular formula is C25H18F5NO3. The molecule has 0 fully saturated rings. The van der Waals surface area contributed by atoms with Crippen molar-refractivity contribution in [2.75, 3.05) is 7.11 Å². The molecule has 1 heterocycles. The number of benzene rings is 3. The molecule has 0 aliphatic heterocycles. The van der Waals surface area contributed by atoms with Gasteiger partial charge in [-0.15, -0.1) is 0 Å². The number of aromatic nitrogens is 1. The molecular weight excluding hydrogens is 457 g/mol. The summed E-state index contributed by atoms with van der Waals surface area (Å²) in [5.41, 5.74) is -0.367. The van der Waals surface area contributed by atoms with Crippen LogP contribution in [0.25, 0.3) is 10.9 Å². The normalized spacial score (nSPS) is 11.6. The number of carbonyl (C=O) groups excluding carboxylic acids is 1. The predicted octanol–water partition coefficient (Wildman–Crippen LogP) is 6.35. The molecule has 0 aliphatic carbocycles. The third-order valence-corrected chi connectivity index (χ3v) is 5.29. The molecule has 3 aromatic carbocycles. The van der Waals surface area contributed by atoms with Crippen LogP contribution in [-0.4, -0.2) is 17.6 Å². The number of esters is 1. The highest BCUT2D eigenvalue weighted by molar-refractivity contribution is 5.96. The summed E-state index contributed by atoms with van der Waals surface area (Å²) < 4.78 is 80.0. The second-order valence-corrected chi connectivity index (χ2v) is 7.50. The maximum absolute atomic E-state index is 15.3. The Morgan fingerprint density at radius 3 is 2.35 bits per heavy atom. The monoisotopic (exact) mass is 475 g/mol. The minimum Gasteiger partial charge on any atom is -0.486 e. The molecule has 0 unspecified atom stereocenters. The molecule has 0 spiro atoms. The van der Waals surface area contributed by atoms with Crippen LogP contribution in [0, 0.1) is 11.6 Å². The summed E-state index contributed by atoms with van der Waals surface area (Å²) in [4.78, 5) is 12.3. The number of fused-ring (bicyclic) bond motifs is 1. The lowest BCUT2D eigenvalue weighted by molar-refractivity contribution is -0.140. The van der Waals surface area contributed by atoms with E-state index in [9.17, 15) is 22.4 Å². The molecule has 4 nitrogen and oxygen atoms in total. The summed E-state index contributed by atoms with van der Waals surface area (Å²) >= 11 is 0. The van der Waals surface area contributed by atoms with Crippen molar-refractivity contribution in [2.45, 2.75) is 19.3 Å². The maximum atomic E-state index is 15.3. The number of hydrogen-bond donors (Lipinski definition) is 0. The Kier molecular flexibility index (Phi) is 6.28. The van der Waals surface area contributed by atoms with Gasteiger partial charge in [0.05, 0.1) is 18.2 Å². The largest absolute Gasteiger partial charge is 0.486 e. The van der Waals surface area contributed by atoms with Crippen LogP contribution in [0.15, 0.2) is 66.7 Å². The maximum Gasteiger partial charge on any atom is 0.419 e. The van der Waals surface area contributed by atoms with Crippen molar-refractivity contribution in [1.82, 2.24) is 4.57 Å². The summed E-state index contributed by atoms with van der Waals surface area (Å²) in [6.07, 6.45) is -4.89. The Labute approximate surface area is 191 Å². The van der Waals surface area contributed by atoms with Gasteiger partial charge in [-0.2, -0.15) is 13.2 Å². The lowest BCUT2D eigenvalue weighted by Gasteiger charge is -2.13. The van der Waals surface area contributed by atoms with Gasteiger partial charge in [-0.25, -0.2) is 13.6 Å². The van der Waals surface area contributed by atoms with Gasteiger partial charge in [0.25, 0.3) is 0 Å². The quantitative estimate of drug-likeness (QED) is 0.241. The molecule has 176 valence electrons. The SMILES string of the molecule is COC(=O)c1cc2c(F)c(OCc3ccccc3)ccc2n1Cc1ccc(F)c(C(F)(F)F)c1. The van der Waals surface area contributed by atoms with Gasteiger partial charge in [-0.05, 0) is 41.5 Å². The van der Waals surface area contributed by atoms with E-state index in [4.69, 9.17) is 9.47 Å². The van der Waals surface area contributed by atoms with Crippen LogP contribution in [-0.2, 0) is 24.1 Å². The van der Waals surface area contributed by atoms with Crippen LogP contribution in [0.4, 0.5) is 22.0 Å². The number of hydrogen-bond acceptors (Lipinski definition) is 3. The lowest BCUT2D eigenvalue weighted by Crippen LogP contribution is -2.13. The zero-order valence-electron chi connectivity index (χ0n) is 17.8. The Bertz CT molecular complexity index is 1350. The first-order valence-corrected chi connectivity index (χ1v) is 10.1. The summed E-state index contributed by atoms with van der Waals surface area (Å²) in [6.45, 7) is -0.134. The van der Waals surface area contributed by atoms with Gasteiger partial charge in [-0.1, -0.05) is 36.4 Å².